The molecule has 1 unspecified atom stereocenters. The minimum Gasteiger partial charge on any atom is -0.381 e. The van der Waals surface area contributed by atoms with Gasteiger partial charge in [-0.05, 0) is 36.3 Å². The molecule has 0 aromatic heterocycles. The summed E-state index contributed by atoms with van der Waals surface area (Å²) in [5.41, 5.74) is 3.01. The lowest BCUT2D eigenvalue weighted by molar-refractivity contribution is 0.0609. The van der Waals surface area contributed by atoms with E-state index in [1.807, 2.05) is 0 Å². The zero-order valence-corrected chi connectivity index (χ0v) is 9.61. The van der Waals surface area contributed by atoms with Crippen LogP contribution in [0.15, 0.2) is 24.3 Å². The Balaban J connectivity index is 1.68. The average Bonchev–Trinajstić information content (AvgIpc) is 2.74. The average molecular weight is 217 g/mol. The molecule has 0 saturated carbocycles. The van der Waals surface area contributed by atoms with Crippen molar-refractivity contribution < 1.29 is 4.74 Å². The van der Waals surface area contributed by atoms with Crippen LogP contribution in [0, 0.1) is 5.92 Å². The van der Waals surface area contributed by atoms with Crippen molar-refractivity contribution in [1.29, 1.82) is 0 Å². The van der Waals surface area contributed by atoms with Crippen molar-refractivity contribution in [2.24, 2.45) is 5.92 Å². The van der Waals surface area contributed by atoms with Crippen LogP contribution in [0.5, 0.6) is 0 Å². The number of fused-ring (bicyclic) bond motifs is 1. The van der Waals surface area contributed by atoms with E-state index in [2.05, 4.69) is 29.6 Å². The Morgan fingerprint density at radius 1 is 1.19 bits per heavy atom. The zero-order chi connectivity index (χ0) is 10.8. The summed E-state index contributed by atoms with van der Waals surface area (Å²) in [6, 6.07) is 9.39. The summed E-state index contributed by atoms with van der Waals surface area (Å²) in [5, 5.41) is 3.63. The molecule has 1 aromatic carbocycles. The molecule has 2 aliphatic heterocycles. The van der Waals surface area contributed by atoms with Gasteiger partial charge in [-0.25, -0.2) is 0 Å². The van der Waals surface area contributed by atoms with Crippen molar-refractivity contribution in [3.63, 3.8) is 0 Å². The molecule has 2 heteroatoms. The highest BCUT2D eigenvalue weighted by atomic mass is 16.5. The topological polar surface area (TPSA) is 21.3 Å². The number of rotatable bonds is 2. The molecule has 0 spiro atoms. The van der Waals surface area contributed by atoms with E-state index >= 15 is 0 Å². The summed E-state index contributed by atoms with van der Waals surface area (Å²) < 4.78 is 5.41. The molecule has 0 amide bonds. The summed E-state index contributed by atoms with van der Waals surface area (Å²) in [6.07, 6.45) is 3.75. The fourth-order valence-corrected chi connectivity index (χ4v) is 2.90. The summed E-state index contributed by atoms with van der Waals surface area (Å²) in [5.74, 6) is 0.845. The quantitative estimate of drug-likeness (QED) is 0.822. The van der Waals surface area contributed by atoms with E-state index in [1.165, 1.54) is 30.4 Å². The molecule has 0 radical (unpaired) electrons. The van der Waals surface area contributed by atoms with E-state index in [1.54, 1.807) is 0 Å². The van der Waals surface area contributed by atoms with Crippen molar-refractivity contribution >= 4 is 0 Å². The molecule has 2 heterocycles. The fraction of sp³-hybridized carbons (Fsp3) is 0.571. The Morgan fingerprint density at radius 2 is 2.00 bits per heavy atom. The van der Waals surface area contributed by atoms with E-state index in [-0.39, 0.29) is 0 Å². The Bertz CT molecular complexity index is 358. The molecule has 2 nitrogen and oxygen atoms in total. The molecule has 1 aromatic rings. The fourth-order valence-electron chi connectivity index (χ4n) is 2.90. The Morgan fingerprint density at radius 3 is 2.88 bits per heavy atom. The van der Waals surface area contributed by atoms with Gasteiger partial charge in [0.25, 0.3) is 0 Å². The van der Waals surface area contributed by atoms with Crippen LogP contribution in [0.3, 0.4) is 0 Å². The van der Waals surface area contributed by atoms with Crippen molar-refractivity contribution in [1.82, 2.24) is 5.32 Å². The van der Waals surface area contributed by atoms with Crippen LogP contribution in [-0.2, 0) is 11.3 Å². The van der Waals surface area contributed by atoms with Gasteiger partial charge in [-0.2, -0.15) is 0 Å². The van der Waals surface area contributed by atoms with Crippen LogP contribution in [0.4, 0.5) is 0 Å². The molecule has 2 aliphatic rings. The SMILES string of the molecule is c1ccc2c(c1)CNC2CC1CCOCC1. The third-order valence-electron chi connectivity index (χ3n) is 3.88. The molecule has 0 aliphatic carbocycles. The van der Waals surface area contributed by atoms with E-state index in [0.29, 0.717) is 6.04 Å². The summed E-state index contributed by atoms with van der Waals surface area (Å²) in [4.78, 5) is 0. The van der Waals surface area contributed by atoms with Crippen LogP contribution in [-0.4, -0.2) is 13.2 Å². The Hall–Kier alpha value is -0.860. The molecule has 16 heavy (non-hydrogen) atoms. The van der Waals surface area contributed by atoms with Gasteiger partial charge in [0, 0.05) is 25.8 Å². The molecule has 0 bridgehead atoms. The predicted octanol–water partition coefficient (Wildman–Crippen LogP) is 2.65. The number of benzene rings is 1. The van der Waals surface area contributed by atoms with Crippen molar-refractivity contribution in [2.45, 2.75) is 31.8 Å². The highest BCUT2D eigenvalue weighted by molar-refractivity contribution is 5.33. The highest BCUT2D eigenvalue weighted by Gasteiger charge is 2.25. The smallest absolute Gasteiger partial charge is 0.0468 e. The van der Waals surface area contributed by atoms with Gasteiger partial charge < -0.3 is 10.1 Å². The minimum atomic E-state index is 0.583. The van der Waals surface area contributed by atoms with Gasteiger partial charge in [-0.3, -0.25) is 0 Å². The third kappa shape index (κ3) is 2.00. The predicted molar refractivity (Wildman–Crippen MR) is 64.2 cm³/mol. The van der Waals surface area contributed by atoms with Crippen LogP contribution >= 0.6 is 0 Å². The highest BCUT2D eigenvalue weighted by Crippen LogP contribution is 2.32. The molecule has 1 atom stereocenters. The Kier molecular flexibility index (Phi) is 2.94. The largest absolute Gasteiger partial charge is 0.381 e. The van der Waals surface area contributed by atoms with Gasteiger partial charge in [0.1, 0.15) is 0 Å². The second-order valence-electron chi connectivity index (χ2n) is 4.92. The number of hydrogen-bond acceptors (Lipinski definition) is 2. The van der Waals surface area contributed by atoms with Gasteiger partial charge >= 0.3 is 0 Å². The summed E-state index contributed by atoms with van der Waals surface area (Å²) >= 11 is 0. The summed E-state index contributed by atoms with van der Waals surface area (Å²) in [7, 11) is 0. The van der Waals surface area contributed by atoms with E-state index < -0.39 is 0 Å². The van der Waals surface area contributed by atoms with E-state index in [9.17, 15) is 0 Å². The van der Waals surface area contributed by atoms with Crippen molar-refractivity contribution in [3.8, 4) is 0 Å². The molecule has 1 N–H and O–H groups in total. The van der Waals surface area contributed by atoms with Gasteiger partial charge in [-0.15, -0.1) is 0 Å². The van der Waals surface area contributed by atoms with Gasteiger partial charge in [0.2, 0.25) is 0 Å². The van der Waals surface area contributed by atoms with E-state index in [0.717, 1.165) is 25.7 Å². The maximum absolute atomic E-state index is 5.41. The van der Waals surface area contributed by atoms with Gasteiger partial charge in [0.05, 0.1) is 0 Å². The second-order valence-corrected chi connectivity index (χ2v) is 4.92. The molecular formula is C14H19NO. The van der Waals surface area contributed by atoms with Gasteiger partial charge in [0.15, 0.2) is 0 Å². The third-order valence-corrected chi connectivity index (χ3v) is 3.88. The van der Waals surface area contributed by atoms with Gasteiger partial charge in [-0.1, -0.05) is 24.3 Å². The second kappa shape index (κ2) is 4.56. The summed E-state index contributed by atoms with van der Waals surface area (Å²) in [6.45, 7) is 2.96. The zero-order valence-electron chi connectivity index (χ0n) is 9.61. The van der Waals surface area contributed by atoms with E-state index in [4.69, 9.17) is 4.74 Å². The Labute approximate surface area is 97.0 Å². The van der Waals surface area contributed by atoms with Crippen LogP contribution < -0.4 is 5.32 Å². The van der Waals surface area contributed by atoms with Crippen LogP contribution in [0.1, 0.15) is 36.4 Å². The first-order chi connectivity index (χ1) is 7.93. The lowest BCUT2D eigenvalue weighted by atomic mass is 9.90. The number of nitrogens with one attached hydrogen (secondary N) is 1. The molecule has 1 fully saturated rings. The maximum Gasteiger partial charge on any atom is 0.0468 e. The van der Waals surface area contributed by atoms with Crippen LogP contribution in [0.25, 0.3) is 0 Å². The standard InChI is InChI=1S/C14H19NO/c1-2-4-13-12(3-1)10-15-14(13)9-11-5-7-16-8-6-11/h1-4,11,14-15H,5-10H2. The number of hydrogen-bond donors (Lipinski definition) is 1. The van der Waals surface area contributed by atoms with Crippen LogP contribution in [0.2, 0.25) is 0 Å². The van der Waals surface area contributed by atoms with Crippen molar-refractivity contribution in [3.05, 3.63) is 35.4 Å². The molecule has 86 valence electrons. The maximum atomic E-state index is 5.41. The normalized spacial score (nSPS) is 25.6. The first kappa shape index (κ1) is 10.3. The monoisotopic (exact) mass is 217 g/mol. The van der Waals surface area contributed by atoms with Crippen molar-refractivity contribution in [2.75, 3.05) is 13.2 Å². The molecular weight excluding hydrogens is 198 g/mol. The molecule has 1 saturated heterocycles. The lowest BCUT2D eigenvalue weighted by Gasteiger charge is -2.25. The first-order valence-corrected chi connectivity index (χ1v) is 6.32. The first-order valence-electron chi connectivity index (χ1n) is 6.32. The molecule has 3 rings (SSSR count). The number of ether oxygens (including phenoxy) is 1. The lowest BCUT2D eigenvalue weighted by Crippen LogP contribution is -2.21. The minimum absolute atomic E-state index is 0.583.